The Morgan fingerprint density at radius 3 is 2.76 bits per heavy atom. The lowest BCUT2D eigenvalue weighted by Crippen LogP contribution is -2.55. The van der Waals surface area contributed by atoms with Crippen molar-refractivity contribution >= 4 is 11.9 Å². The normalized spacial score (nSPS) is 20.2. The number of amides is 3. The predicted molar refractivity (Wildman–Crippen MR) is 110 cm³/mol. The predicted octanol–water partition coefficient (Wildman–Crippen LogP) is 1.05. The quantitative estimate of drug-likeness (QED) is 0.720. The van der Waals surface area contributed by atoms with Crippen LogP contribution in [0, 0.1) is 0 Å². The molecule has 2 aliphatic heterocycles. The monoisotopic (exact) mass is 402 g/mol. The molecule has 0 spiro atoms. The Morgan fingerprint density at radius 2 is 2.03 bits per heavy atom. The van der Waals surface area contributed by atoms with E-state index < -0.39 is 0 Å². The summed E-state index contributed by atoms with van der Waals surface area (Å²) in [6.07, 6.45) is 1.65. The van der Waals surface area contributed by atoms with Crippen molar-refractivity contribution in [3.63, 3.8) is 0 Å². The summed E-state index contributed by atoms with van der Waals surface area (Å²) in [6.45, 7) is 9.48. The van der Waals surface area contributed by atoms with Gasteiger partial charge in [0.15, 0.2) is 0 Å². The Kier molecular flexibility index (Phi) is 7.48. The first-order valence-electron chi connectivity index (χ1n) is 10.0. The van der Waals surface area contributed by atoms with E-state index in [0.29, 0.717) is 50.6 Å². The third-order valence-corrected chi connectivity index (χ3v) is 5.26. The van der Waals surface area contributed by atoms with Gasteiger partial charge in [0.1, 0.15) is 5.75 Å². The summed E-state index contributed by atoms with van der Waals surface area (Å²) in [4.78, 5) is 30.8. The Hall–Kier alpha value is -2.58. The number of piperazine rings is 1. The van der Waals surface area contributed by atoms with Crippen molar-refractivity contribution < 1.29 is 19.1 Å². The van der Waals surface area contributed by atoms with Crippen molar-refractivity contribution in [2.75, 3.05) is 66.1 Å². The summed E-state index contributed by atoms with van der Waals surface area (Å²) in [5, 5.41) is 2.81. The molecule has 29 heavy (non-hydrogen) atoms. The van der Waals surface area contributed by atoms with Crippen LogP contribution in [0.3, 0.4) is 0 Å². The maximum atomic E-state index is 12.7. The van der Waals surface area contributed by atoms with E-state index in [9.17, 15) is 9.59 Å². The van der Waals surface area contributed by atoms with E-state index in [4.69, 9.17) is 9.47 Å². The summed E-state index contributed by atoms with van der Waals surface area (Å²) >= 11 is 0. The number of nitrogens with zero attached hydrogens (tertiary/aromatic N) is 3. The van der Waals surface area contributed by atoms with Crippen molar-refractivity contribution in [1.82, 2.24) is 20.0 Å². The third kappa shape index (κ3) is 5.71. The van der Waals surface area contributed by atoms with Crippen LogP contribution in [0.4, 0.5) is 4.79 Å². The van der Waals surface area contributed by atoms with Gasteiger partial charge in [0.05, 0.1) is 19.8 Å². The van der Waals surface area contributed by atoms with Crippen LogP contribution in [0.15, 0.2) is 36.9 Å². The zero-order valence-electron chi connectivity index (χ0n) is 17.0. The summed E-state index contributed by atoms with van der Waals surface area (Å²) in [5.41, 5.74) is 0.648. The van der Waals surface area contributed by atoms with Gasteiger partial charge in [-0.3, -0.25) is 9.69 Å². The molecule has 158 valence electrons. The minimum Gasteiger partial charge on any atom is -0.497 e. The fourth-order valence-corrected chi connectivity index (χ4v) is 3.65. The van der Waals surface area contributed by atoms with Crippen LogP contribution in [-0.4, -0.2) is 98.8 Å². The first kappa shape index (κ1) is 21.1. The van der Waals surface area contributed by atoms with Gasteiger partial charge in [-0.05, 0) is 18.2 Å². The van der Waals surface area contributed by atoms with Crippen molar-refractivity contribution in [1.29, 1.82) is 0 Å². The molecule has 8 nitrogen and oxygen atoms in total. The molecule has 1 aromatic carbocycles. The molecular weight excluding hydrogens is 372 g/mol. The molecule has 0 aliphatic carbocycles. The molecule has 0 aromatic heterocycles. The fraction of sp³-hybridized carbons (Fsp3) is 0.524. The van der Waals surface area contributed by atoms with E-state index >= 15 is 0 Å². The van der Waals surface area contributed by atoms with Gasteiger partial charge in [-0.25, -0.2) is 4.79 Å². The standard InChI is InChI=1S/C21H30N4O4/c1-3-7-22-21(27)25-12-13-29-19(16-25)15-23-8-10-24(11-9-23)20(26)17-5-4-6-18(14-17)28-2/h3-6,14,19H,1,7-13,15-16H2,2H3,(H,22,27). The number of morpholine rings is 1. The molecular formula is C21H30N4O4. The molecule has 0 radical (unpaired) electrons. The van der Waals surface area contributed by atoms with Crippen LogP contribution in [0.25, 0.3) is 0 Å². The van der Waals surface area contributed by atoms with Crippen LogP contribution < -0.4 is 10.1 Å². The van der Waals surface area contributed by atoms with Gasteiger partial charge in [0, 0.05) is 57.9 Å². The zero-order valence-corrected chi connectivity index (χ0v) is 17.0. The summed E-state index contributed by atoms with van der Waals surface area (Å²) in [6, 6.07) is 7.18. The largest absolute Gasteiger partial charge is 0.497 e. The molecule has 2 fully saturated rings. The molecule has 0 saturated carbocycles. The van der Waals surface area contributed by atoms with Crippen LogP contribution in [0.1, 0.15) is 10.4 Å². The molecule has 1 unspecified atom stereocenters. The van der Waals surface area contributed by atoms with E-state index in [1.54, 1.807) is 24.2 Å². The van der Waals surface area contributed by atoms with Crippen molar-refractivity contribution in [2.45, 2.75) is 6.10 Å². The fourth-order valence-electron chi connectivity index (χ4n) is 3.65. The first-order chi connectivity index (χ1) is 14.1. The number of benzene rings is 1. The highest BCUT2D eigenvalue weighted by Crippen LogP contribution is 2.16. The van der Waals surface area contributed by atoms with Gasteiger partial charge < -0.3 is 24.6 Å². The van der Waals surface area contributed by atoms with Gasteiger partial charge in [0.2, 0.25) is 0 Å². The number of hydrogen-bond donors (Lipinski definition) is 1. The number of methoxy groups -OCH3 is 1. The lowest BCUT2D eigenvalue weighted by Gasteiger charge is -2.39. The lowest BCUT2D eigenvalue weighted by atomic mass is 10.1. The molecule has 2 heterocycles. The molecule has 3 amide bonds. The first-order valence-corrected chi connectivity index (χ1v) is 10.0. The molecule has 0 bridgehead atoms. The number of carbonyl (C=O) groups is 2. The second-order valence-electron chi connectivity index (χ2n) is 7.24. The summed E-state index contributed by atoms with van der Waals surface area (Å²) in [5.74, 6) is 0.716. The van der Waals surface area contributed by atoms with Crippen LogP contribution >= 0.6 is 0 Å². The Labute approximate surface area is 172 Å². The molecule has 1 atom stereocenters. The Balaban J connectivity index is 1.46. The SMILES string of the molecule is C=CCNC(=O)N1CCOC(CN2CCN(C(=O)c3cccc(OC)c3)CC2)C1. The summed E-state index contributed by atoms with van der Waals surface area (Å²) in [7, 11) is 1.60. The van der Waals surface area contributed by atoms with Crippen LogP contribution in [0.2, 0.25) is 0 Å². The van der Waals surface area contributed by atoms with Gasteiger partial charge in [-0.15, -0.1) is 6.58 Å². The van der Waals surface area contributed by atoms with E-state index in [2.05, 4.69) is 16.8 Å². The molecule has 8 heteroatoms. The highest BCUT2D eigenvalue weighted by Gasteiger charge is 2.28. The molecule has 2 aliphatic rings. The molecule has 1 aromatic rings. The minimum atomic E-state index is -0.0769. The smallest absolute Gasteiger partial charge is 0.317 e. The van der Waals surface area contributed by atoms with Crippen molar-refractivity contribution in [3.8, 4) is 5.75 Å². The van der Waals surface area contributed by atoms with E-state index in [1.807, 2.05) is 23.1 Å². The van der Waals surface area contributed by atoms with Crippen molar-refractivity contribution in [2.24, 2.45) is 0 Å². The number of rotatable bonds is 6. The van der Waals surface area contributed by atoms with E-state index in [-0.39, 0.29) is 18.0 Å². The second-order valence-corrected chi connectivity index (χ2v) is 7.24. The molecule has 1 N–H and O–H groups in total. The number of nitrogens with one attached hydrogen (secondary N) is 1. The van der Waals surface area contributed by atoms with E-state index in [1.165, 1.54) is 0 Å². The van der Waals surface area contributed by atoms with Crippen LogP contribution in [0.5, 0.6) is 5.75 Å². The maximum absolute atomic E-state index is 12.7. The topological polar surface area (TPSA) is 74.4 Å². The number of carbonyl (C=O) groups excluding carboxylic acids is 2. The zero-order chi connectivity index (χ0) is 20.6. The van der Waals surface area contributed by atoms with Crippen LogP contribution in [-0.2, 0) is 4.74 Å². The van der Waals surface area contributed by atoms with Crippen molar-refractivity contribution in [3.05, 3.63) is 42.5 Å². The highest BCUT2D eigenvalue weighted by molar-refractivity contribution is 5.94. The Bertz CT molecular complexity index is 718. The second kappa shape index (κ2) is 10.3. The number of ether oxygens (including phenoxy) is 2. The average molecular weight is 402 g/mol. The summed E-state index contributed by atoms with van der Waals surface area (Å²) < 4.78 is 11.1. The maximum Gasteiger partial charge on any atom is 0.317 e. The van der Waals surface area contributed by atoms with Gasteiger partial charge in [-0.1, -0.05) is 12.1 Å². The van der Waals surface area contributed by atoms with Gasteiger partial charge in [-0.2, -0.15) is 0 Å². The highest BCUT2D eigenvalue weighted by atomic mass is 16.5. The number of hydrogen-bond acceptors (Lipinski definition) is 5. The third-order valence-electron chi connectivity index (χ3n) is 5.26. The Morgan fingerprint density at radius 1 is 1.24 bits per heavy atom. The average Bonchev–Trinajstić information content (AvgIpc) is 2.77. The van der Waals surface area contributed by atoms with Gasteiger partial charge in [0.25, 0.3) is 5.91 Å². The van der Waals surface area contributed by atoms with Gasteiger partial charge >= 0.3 is 6.03 Å². The molecule has 2 saturated heterocycles. The number of urea groups is 1. The molecule has 3 rings (SSSR count). The van der Waals surface area contributed by atoms with E-state index in [0.717, 1.165) is 19.6 Å². The lowest BCUT2D eigenvalue weighted by molar-refractivity contribution is -0.0352. The minimum absolute atomic E-state index is 0.0149.